The van der Waals surface area contributed by atoms with Crippen molar-refractivity contribution in [3.05, 3.63) is 47.8 Å². The lowest BCUT2D eigenvalue weighted by molar-refractivity contribution is -0.146. The van der Waals surface area contributed by atoms with Gasteiger partial charge in [-0.2, -0.15) is 5.10 Å². The summed E-state index contributed by atoms with van der Waals surface area (Å²) in [6.07, 6.45) is 5.06. The van der Waals surface area contributed by atoms with E-state index < -0.39 is 11.5 Å². The minimum Gasteiger partial charge on any atom is -0.479 e. The van der Waals surface area contributed by atoms with Crippen molar-refractivity contribution in [1.82, 2.24) is 9.78 Å². The molecule has 1 amide bonds. The van der Waals surface area contributed by atoms with Crippen molar-refractivity contribution in [3.63, 3.8) is 0 Å². The number of aliphatic carboxylic acids is 1. The fraction of sp³-hybridized carbons (Fsp3) is 0.450. The fourth-order valence-corrected chi connectivity index (χ4v) is 2.59. The van der Waals surface area contributed by atoms with Crippen LogP contribution in [-0.4, -0.2) is 26.8 Å². The molecule has 2 rings (SSSR count). The normalized spacial score (nSPS) is 11.6. The maximum Gasteiger partial charge on any atom is 0.331 e. The number of carbonyl (C=O) groups excluding carboxylic acids is 1. The average molecular weight is 357 g/mol. The third-order valence-corrected chi connectivity index (χ3v) is 4.27. The van der Waals surface area contributed by atoms with E-state index in [1.807, 2.05) is 0 Å². The Bertz CT molecular complexity index is 761. The number of carbonyl (C=O) groups is 2. The Kier molecular flexibility index (Phi) is 6.18. The van der Waals surface area contributed by atoms with Crippen LogP contribution in [0.1, 0.15) is 45.2 Å². The Morgan fingerprint density at radius 2 is 1.81 bits per heavy atom. The highest BCUT2D eigenvalue weighted by Gasteiger charge is 2.30. The zero-order valence-electron chi connectivity index (χ0n) is 15.8. The van der Waals surface area contributed by atoms with Crippen LogP contribution in [0, 0.1) is 5.92 Å². The molecule has 0 atom stereocenters. The SMILES string of the molecule is CC(C)Cc1ccc(CCC(=O)Nc2cnn(C(C)(C)C(=O)O)c2)cc1. The lowest BCUT2D eigenvalue weighted by Gasteiger charge is -2.19. The fourth-order valence-electron chi connectivity index (χ4n) is 2.59. The second-order valence-corrected chi connectivity index (χ2v) is 7.50. The van der Waals surface area contributed by atoms with Gasteiger partial charge in [-0.3, -0.25) is 9.48 Å². The van der Waals surface area contributed by atoms with Crippen molar-refractivity contribution in [2.75, 3.05) is 5.32 Å². The first-order chi connectivity index (χ1) is 12.2. The molecule has 140 valence electrons. The molecule has 6 heteroatoms. The predicted octanol–water partition coefficient (Wildman–Crippen LogP) is 3.47. The van der Waals surface area contributed by atoms with Crippen molar-refractivity contribution in [1.29, 1.82) is 0 Å². The minimum absolute atomic E-state index is 0.121. The van der Waals surface area contributed by atoms with E-state index in [9.17, 15) is 14.7 Å². The zero-order valence-corrected chi connectivity index (χ0v) is 15.8. The van der Waals surface area contributed by atoms with Gasteiger partial charge in [-0.05, 0) is 43.7 Å². The number of hydrogen-bond acceptors (Lipinski definition) is 3. The van der Waals surface area contributed by atoms with Gasteiger partial charge in [0.05, 0.1) is 11.9 Å². The Labute approximate surface area is 154 Å². The molecule has 0 aliphatic carbocycles. The quantitative estimate of drug-likeness (QED) is 0.757. The Balaban J connectivity index is 1.87. The van der Waals surface area contributed by atoms with Crippen LogP contribution in [0.25, 0.3) is 0 Å². The van der Waals surface area contributed by atoms with Gasteiger partial charge in [-0.25, -0.2) is 4.79 Å². The zero-order chi connectivity index (χ0) is 19.3. The molecule has 0 spiro atoms. The molecule has 6 nitrogen and oxygen atoms in total. The van der Waals surface area contributed by atoms with E-state index in [1.165, 1.54) is 22.6 Å². The maximum absolute atomic E-state index is 12.1. The van der Waals surface area contributed by atoms with Crippen molar-refractivity contribution < 1.29 is 14.7 Å². The molecule has 2 N–H and O–H groups in total. The summed E-state index contributed by atoms with van der Waals surface area (Å²) in [4.78, 5) is 23.4. The molecular formula is C20H27N3O3. The molecule has 26 heavy (non-hydrogen) atoms. The van der Waals surface area contributed by atoms with Crippen LogP contribution < -0.4 is 5.32 Å². The van der Waals surface area contributed by atoms with Crippen LogP contribution in [0.15, 0.2) is 36.7 Å². The summed E-state index contributed by atoms with van der Waals surface area (Å²) in [5.74, 6) is -0.484. The highest BCUT2D eigenvalue weighted by Crippen LogP contribution is 2.17. The number of aryl methyl sites for hydroxylation is 1. The second-order valence-electron chi connectivity index (χ2n) is 7.50. The van der Waals surface area contributed by atoms with Crippen LogP contribution in [0.3, 0.4) is 0 Å². The lowest BCUT2D eigenvalue weighted by Crippen LogP contribution is -2.35. The molecule has 0 fully saturated rings. The van der Waals surface area contributed by atoms with Gasteiger partial charge in [-0.1, -0.05) is 38.1 Å². The number of benzene rings is 1. The molecule has 0 saturated carbocycles. The Hall–Kier alpha value is -2.63. The van der Waals surface area contributed by atoms with Gasteiger partial charge in [0.25, 0.3) is 0 Å². The molecule has 0 unspecified atom stereocenters. The number of carboxylic acids is 1. The lowest BCUT2D eigenvalue weighted by atomic mass is 10.0. The van der Waals surface area contributed by atoms with E-state index in [0.717, 1.165) is 12.0 Å². The maximum atomic E-state index is 12.1. The first-order valence-electron chi connectivity index (χ1n) is 8.84. The number of carboxylic acid groups (broad SMARTS) is 1. The highest BCUT2D eigenvalue weighted by atomic mass is 16.4. The number of amides is 1. The van der Waals surface area contributed by atoms with E-state index in [-0.39, 0.29) is 5.91 Å². The molecule has 0 aliphatic heterocycles. The summed E-state index contributed by atoms with van der Waals surface area (Å²) in [6, 6.07) is 8.37. The average Bonchev–Trinajstić information content (AvgIpc) is 3.02. The van der Waals surface area contributed by atoms with Gasteiger partial charge in [0.15, 0.2) is 5.54 Å². The number of nitrogens with zero attached hydrogens (tertiary/aromatic N) is 2. The van der Waals surface area contributed by atoms with Gasteiger partial charge >= 0.3 is 5.97 Å². The summed E-state index contributed by atoms with van der Waals surface area (Å²) in [7, 11) is 0. The van der Waals surface area contributed by atoms with Crippen molar-refractivity contribution >= 4 is 17.6 Å². The van der Waals surface area contributed by atoms with Crippen molar-refractivity contribution in [2.24, 2.45) is 5.92 Å². The molecule has 0 radical (unpaired) electrons. The molecule has 1 aromatic heterocycles. The van der Waals surface area contributed by atoms with Gasteiger partial charge in [0.2, 0.25) is 5.91 Å². The molecule has 0 bridgehead atoms. The predicted molar refractivity (Wildman–Crippen MR) is 101 cm³/mol. The van der Waals surface area contributed by atoms with E-state index in [0.29, 0.717) is 24.4 Å². The van der Waals surface area contributed by atoms with Gasteiger partial charge in [0.1, 0.15) is 0 Å². The second kappa shape index (κ2) is 8.17. The van der Waals surface area contributed by atoms with E-state index >= 15 is 0 Å². The summed E-state index contributed by atoms with van der Waals surface area (Å²) in [6.45, 7) is 7.49. The van der Waals surface area contributed by atoms with Crippen LogP contribution in [0.2, 0.25) is 0 Å². The van der Waals surface area contributed by atoms with E-state index in [2.05, 4.69) is 48.5 Å². The minimum atomic E-state index is -1.17. The molecule has 0 saturated heterocycles. The molecule has 1 aromatic carbocycles. The number of rotatable bonds is 8. The Morgan fingerprint density at radius 1 is 1.19 bits per heavy atom. The van der Waals surface area contributed by atoms with E-state index in [4.69, 9.17) is 0 Å². The number of aromatic nitrogens is 2. The molecular weight excluding hydrogens is 330 g/mol. The summed E-state index contributed by atoms with van der Waals surface area (Å²) < 4.78 is 1.33. The monoisotopic (exact) mass is 357 g/mol. The van der Waals surface area contributed by atoms with Crippen LogP contribution in [0.4, 0.5) is 5.69 Å². The van der Waals surface area contributed by atoms with Gasteiger partial charge in [0, 0.05) is 12.6 Å². The number of nitrogens with one attached hydrogen (secondary N) is 1. The highest BCUT2D eigenvalue weighted by molar-refractivity contribution is 5.90. The molecule has 2 aromatic rings. The third kappa shape index (κ3) is 5.18. The van der Waals surface area contributed by atoms with Gasteiger partial charge in [-0.15, -0.1) is 0 Å². The van der Waals surface area contributed by atoms with E-state index in [1.54, 1.807) is 13.8 Å². The summed E-state index contributed by atoms with van der Waals surface area (Å²) >= 11 is 0. The topological polar surface area (TPSA) is 84.2 Å². The third-order valence-electron chi connectivity index (χ3n) is 4.27. The van der Waals surface area contributed by atoms with Crippen molar-refractivity contribution in [2.45, 2.75) is 52.5 Å². The van der Waals surface area contributed by atoms with Crippen LogP contribution in [-0.2, 0) is 28.0 Å². The first kappa shape index (κ1) is 19.7. The van der Waals surface area contributed by atoms with Crippen molar-refractivity contribution in [3.8, 4) is 0 Å². The number of anilines is 1. The summed E-state index contributed by atoms with van der Waals surface area (Å²) in [5, 5.41) is 16.0. The van der Waals surface area contributed by atoms with Gasteiger partial charge < -0.3 is 10.4 Å². The number of hydrogen-bond donors (Lipinski definition) is 2. The smallest absolute Gasteiger partial charge is 0.331 e. The molecule has 1 heterocycles. The summed E-state index contributed by atoms with van der Waals surface area (Å²) in [5.41, 5.74) is 1.76. The van der Waals surface area contributed by atoms with Crippen LogP contribution in [0.5, 0.6) is 0 Å². The van der Waals surface area contributed by atoms with Crippen LogP contribution >= 0.6 is 0 Å². The Morgan fingerprint density at radius 3 is 2.38 bits per heavy atom. The first-order valence-corrected chi connectivity index (χ1v) is 8.84. The largest absolute Gasteiger partial charge is 0.479 e. The molecule has 0 aliphatic rings. The standard InChI is InChI=1S/C20H27N3O3/c1-14(2)11-16-7-5-15(6-8-16)9-10-18(24)22-17-12-21-23(13-17)20(3,4)19(25)26/h5-8,12-14H,9-11H2,1-4H3,(H,22,24)(H,25,26).